The predicted molar refractivity (Wildman–Crippen MR) is 137 cm³/mol. The quantitative estimate of drug-likeness (QED) is 0.148. The van der Waals surface area contributed by atoms with Gasteiger partial charge in [-0.15, -0.1) is 22.7 Å². The molecule has 0 aliphatic carbocycles. The van der Waals surface area contributed by atoms with E-state index in [-0.39, 0.29) is 7.91 Å². The van der Waals surface area contributed by atoms with Crippen molar-refractivity contribution < 1.29 is 26.1 Å². The fraction of sp³-hybridized carbons (Fsp3) is 0.222. The zero-order valence-corrected chi connectivity index (χ0v) is 21.4. The van der Waals surface area contributed by atoms with E-state index in [2.05, 4.69) is 19.4 Å². The van der Waals surface area contributed by atoms with Gasteiger partial charge in [-0.3, -0.25) is 20.0 Å². The summed E-state index contributed by atoms with van der Waals surface area (Å²) in [4.78, 5) is 0. The maximum Gasteiger partial charge on any atom is 0.252 e. The largest absolute Gasteiger partial charge is 0.320 e. The smallest absolute Gasteiger partial charge is 0.252 e. The lowest BCUT2D eigenvalue weighted by molar-refractivity contribution is 0.311. The molecule has 16 heteroatoms. The number of hydrogen-bond donors (Lipinski definition) is 6. The molecule has 2 atom stereocenters. The summed E-state index contributed by atoms with van der Waals surface area (Å²) in [5, 5.41) is 0. The van der Waals surface area contributed by atoms with Crippen molar-refractivity contribution in [2.24, 2.45) is 11.8 Å². The van der Waals surface area contributed by atoms with Crippen LogP contribution in [0.1, 0.15) is 13.8 Å². The second-order valence-electron chi connectivity index (χ2n) is 6.92. The highest BCUT2D eigenvalue weighted by atomic mass is 32.3. The third-order valence-electron chi connectivity index (χ3n) is 5.04. The Morgan fingerprint density at radius 2 is 1.21 bits per heavy atom. The van der Waals surface area contributed by atoms with E-state index in [1.54, 1.807) is 9.13 Å². The van der Waals surface area contributed by atoms with E-state index in [1.165, 1.54) is 0 Å². The molecule has 2 unspecified atom stereocenters. The Bertz CT molecular complexity index is 1580. The average molecular weight is 549 g/mol. The zero-order valence-electron chi connectivity index (χ0n) is 18.1. The first kappa shape index (κ1) is 25.0. The molecule has 0 amide bonds. The van der Waals surface area contributed by atoms with E-state index in [4.69, 9.17) is 11.8 Å². The van der Waals surface area contributed by atoms with Crippen molar-refractivity contribution in [3.8, 4) is 0 Å². The lowest BCUT2D eigenvalue weighted by Crippen LogP contribution is -2.14. The molecule has 8 N–H and O–H groups in total. The van der Waals surface area contributed by atoms with Crippen LogP contribution in [0.5, 0.6) is 0 Å². The Balaban J connectivity index is 1.88. The van der Waals surface area contributed by atoms with Gasteiger partial charge in [0.15, 0.2) is 0 Å². The molecular formula is C18H24N6O6S4. The highest BCUT2D eigenvalue weighted by Crippen LogP contribution is 2.33. The van der Waals surface area contributed by atoms with Crippen LogP contribution < -0.4 is 22.6 Å². The van der Waals surface area contributed by atoms with Crippen LogP contribution in [0, 0.1) is 7.91 Å². The van der Waals surface area contributed by atoms with Crippen molar-refractivity contribution in [1.82, 2.24) is 9.13 Å². The summed E-state index contributed by atoms with van der Waals surface area (Å²) >= 11 is 2.22. The molecule has 12 nitrogen and oxygen atoms in total. The van der Waals surface area contributed by atoms with Gasteiger partial charge in [-0.25, -0.2) is 8.42 Å². The number of thiazole rings is 2. The van der Waals surface area contributed by atoms with Crippen LogP contribution in [0.4, 0.5) is 11.4 Å². The molecule has 186 valence electrons. The minimum absolute atomic E-state index is 0.0923. The van der Waals surface area contributed by atoms with Crippen molar-refractivity contribution in [2.75, 3.05) is 10.9 Å². The summed E-state index contributed by atoms with van der Waals surface area (Å²) < 4.78 is 58.8. The van der Waals surface area contributed by atoms with Gasteiger partial charge in [0.25, 0.3) is 20.2 Å². The minimum atomic E-state index is -3.85. The first-order valence-electron chi connectivity index (χ1n) is 9.91. The maximum atomic E-state index is 12.4. The van der Waals surface area contributed by atoms with Gasteiger partial charge < -0.3 is 9.13 Å². The van der Waals surface area contributed by atoms with Crippen molar-refractivity contribution in [2.45, 2.75) is 26.9 Å². The van der Waals surface area contributed by atoms with E-state index in [0.29, 0.717) is 35.5 Å². The van der Waals surface area contributed by atoms with Gasteiger partial charge >= 0.3 is 0 Å². The highest BCUT2D eigenvalue weighted by Gasteiger charge is 2.17. The maximum absolute atomic E-state index is 12.4. The van der Waals surface area contributed by atoms with Crippen LogP contribution in [0.25, 0.3) is 20.4 Å². The summed E-state index contributed by atoms with van der Waals surface area (Å²) in [6.07, 6.45) is 0. The van der Waals surface area contributed by atoms with Crippen molar-refractivity contribution in [3.05, 3.63) is 44.3 Å². The Morgan fingerprint density at radius 1 is 0.824 bits per heavy atom. The summed E-state index contributed by atoms with van der Waals surface area (Å²) in [5.74, 6) is 10.1. The minimum Gasteiger partial charge on any atom is -0.320 e. The Morgan fingerprint density at radius 3 is 1.53 bits per heavy atom. The molecule has 0 aliphatic heterocycles. The number of aromatic nitrogens is 2. The molecule has 34 heavy (non-hydrogen) atoms. The molecule has 0 bridgehead atoms. The first-order chi connectivity index (χ1) is 16.2. The van der Waals surface area contributed by atoms with Crippen LogP contribution in [-0.2, 0) is 41.8 Å². The molecule has 0 saturated heterocycles. The second kappa shape index (κ2) is 9.50. The monoisotopic (exact) mass is 548 g/mol. The van der Waals surface area contributed by atoms with E-state index in [0.717, 1.165) is 32.1 Å². The molecule has 2 aromatic heterocycles. The molecular weight excluding hydrogens is 525 g/mol. The number of nitrogens with zero attached hydrogens (tertiary/aromatic N) is 2. The lowest BCUT2D eigenvalue weighted by atomic mass is 10.2. The van der Waals surface area contributed by atoms with Crippen molar-refractivity contribution in [1.29, 1.82) is 0 Å². The van der Waals surface area contributed by atoms with Gasteiger partial charge in [-0.2, -0.15) is 20.4 Å². The fourth-order valence-corrected chi connectivity index (χ4v) is 8.37. The number of nitrogens with one attached hydrogen (secondary N) is 2. The fourth-order valence-electron chi connectivity index (χ4n) is 3.62. The van der Waals surface area contributed by atoms with Crippen molar-refractivity contribution in [3.63, 3.8) is 0 Å². The van der Waals surface area contributed by atoms with Gasteiger partial charge in [0, 0.05) is 13.1 Å². The van der Waals surface area contributed by atoms with Gasteiger partial charge in [0.1, 0.15) is 0 Å². The van der Waals surface area contributed by atoms with Crippen LogP contribution >= 0.6 is 22.7 Å². The molecule has 2 heterocycles. The number of nitrogens with two attached hydrogens (primary N) is 2. The number of aryl methyl sites for hydroxylation is 2. The Kier molecular flexibility index (Phi) is 6.98. The number of fused-ring (bicyclic) bond motifs is 2. The lowest BCUT2D eigenvalue weighted by Gasteiger charge is -2.14. The molecule has 2 aromatic carbocycles. The highest BCUT2D eigenvalue weighted by molar-refractivity contribution is 7.87. The molecule has 0 radical (unpaired) electrons. The van der Waals surface area contributed by atoms with Gasteiger partial charge in [0.05, 0.1) is 31.8 Å². The normalized spacial score (nSPS) is 15.4. The average Bonchev–Trinajstić information content (AvgIpc) is 3.42. The molecule has 4 rings (SSSR count). The zero-order chi connectivity index (χ0) is 24.7. The summed E-state index contributed by atoms with van der Waals surface area (Å²) in [7, 11) is -7.70. The van der Waals surface area contributed by atoms with Crippen LogP contribution in [0.15, 0.2) is 36.4 Å². The Hall–Kier alpha value is -2.12. The van der Waals surface area contributed by atoms with E-state index >= 15 is 0 Å². The standard InChI is InChI=1S/C18H24N6O6S4/c1-3-23-15-11(7-5-9-13(15)31-17(23)33(25,26)29-19)21-22-12-8-6-10-14-16(12)24(4-2)18(32-14)34(27,28)30-20/h5-10,21-22H,3-4,19-20H2,1-2H3,(H,25,26)(H,27,28). The molecule has 4 aromatic rings. The Labute approximate surface area is 203 Å². The summed E-state index contributed by atoms with van der Waals surface area (Å²) in [5.41, 5.74) is 8.97. The third kappa shape index (κ3) is 4.22. The summed E-state index contributed by atoms with van der Waals surface area (Å²) in [6.45, 7) is 4.49. The number of para-hydroxylation sites is 2. The van der Waals surface area contributed by atoms with E-state index in [1.807, 2.05) is 50.2 Å². The van der Waals surface area contributed by atoms with Crippen LogP contribution in [0.3, 0.4) is 0 Å². The molecule has 0 fully saturated rings. The van der Waals surface area contributed by atoms with Crippen LogP contribution in [-0.4, -0.2) is 26.7 Å². The van der Waals surface area contributed by atoms with E-state index in [9.17, 15) is 17.5 Å². The summed E-state index contributed by atoms with van der Waals surface area (Å²) in [6, 6.07) is 10.9. The number of hydrazine groups is 1. The van der Waals surface area contributed by atoms with Crippen LogP contribution in [0.2, 0.25) is 0 Å². The van der Waals surface area contributed by atoms with Gasteiger partial charge in [-0.1, -0.05) is 12.1 Å². The number of rotatable bonds is 7. The van der Waals surface area contributed by atoms with Gasteiger partial charge in [0.2, 0.25) is 7.91 Å². The number of hydrogen-bond acceptors (Lipinski definition) is 10. The molecule has 0 saturated carbocycles. The third-order valence-corrected chi connectivity index (χ3v) is 10.5. The van der Waals surface area contributed by atoms with Gasteiger partial charge in [-0.05, 0) is 38.1 Å². The topological polar surface area (TPSA) is 179 Å². The number of anilines is 2. The van der Waals surface area contributed by atoms with E-state index < -0.39 is 20.2 Å². The SMILES string of the molecule is CCn1c(=S(=O)(O)ON)sc2cccc(NNc3cccc4sc(=S(=O)(O)ON)n(CC)c34)c21. The first-order valence-corrected chi connectivity index (χ1v) is 14.4. The number of benzene rings is 2. The molecule has 0 aliphatic rings. The van der Waals surface area contributed by atoms with Crippen molar-refractivity contribution >= 4 is 74.6 Å². The molecule has 0 spiro atoms. The second-order valence-corrected chi connectivity index (χ2v) is 12.6. The predicted octanol–water partition coefficient (Wildman–Crippen LogP) is 3.39.